The number of carbonyl (C=O) groups excluding carboxylic acids is 5. The van der Waals surface area contributed by atoms with Gasteiger partial charge in [-0.25, -0.2) is 28.6 Å². The van der Waals surface area contributed by atoms with Crippen molar-refractivity contribution in [1.29, 1.82) is 0 Å². The van der Waals surface area contributed by atoms with Gasteiger partial charge in [-0.05, 0) is 18.4 Å². The van der Waals surface area contributed by atoms with Gasteiger partial charge in [-0.1, -0.05) is 43.4 Å². The van der Waals surface area contributed by atoms with Gasteiger partial charge in [-0.15, -0.1) is 11.3 Å². The minimum absolute atomic E-state index is 0.0169. The molecule has 0 saturated carbocycles. The summed E-state index contributed by atoms with van der Waals surface area (Å²) < 4.78 is 62.2. The molecule has 356 valence electrons. The number of carbonyl (C=O) groups is 5. The number of fused-ring (bicyclic) bond motifs is 1. The lowest BCUT2D eigenvalue weighted by atomic mass is 9.87. The van der Waals surface area contributed by atoms with Gasteiger partial charge in [0.1, 0.15) is 36.3 Å². The van der Waals surface area contributed by atoms with Crippen LogP contribution in [0.15, 0.2) is 30.2 Å². The highest BCUT2D eigenvalue weighted by atomic mass is 32.2. The highest BCUT2D eigenvalue weighted by molar-refractivity contribution is 8.15. The summed E-state index contributed by atoms with van der Waals surface area (Å²) in [5.74, 6) is -1.94. The molecule has 11 N–H and O–H groups in total. The predicted molar refractivity (Wildman–Crippen MR) is 226 cm³/mol. The Balaban J connectivity index is 1.15. The maximum Gasteiger partial charge on any atom is 0.481 e. The minimum Gasteiger partial charge on any atom is -0.386 e. The topological polar surface area (TPSA) is 410 Å². The monoisotopic (exact) mass is 1020 g/mol. The molecule has 0 radical (unpaired) electrons. The van der Waals surface area contributed by atoms with Crippen molar-refractivity contribution < 1.29 is 90.1 Å². The fourth-order valence-corrected chi connectivity index (χ4v) is 10.3. The van der Waals surface area contributed by atoms with Crippen LogP contribution >= 0.6 is 58.3 Å². The molecule has 1 aliphatic heterocycles. The van der Waals surface area contributed by atoms with E-state index in [1.807, 2.05) is 0 Å². The Kier molecular flexibility index (Phi) is 19.2. The maximum atomic E-state index is 12.7. The van der Waals surface area contributed by atoms with Crippen LogP contribution < -0.4 is 21.7 Å². The van der Waals surface area contributed by atoms with E-state index < -0.39 is 95.7 Å². The lowest BCUT2D eigenvalue weighted by Crippen LogP contribution is -2.46. The van der Waals surface area contributed by atoms with Gasteiger partial charge in [0.2, 0.25) is 28.0 Å². The quantitative estimate of drug-likeness (QED) is 0.0410. The number of phosphoric ester groups is 3. The molecule has 0 aliphatic carbocycles. The molecular weight excluding hydrogens is 978 g/mol. The van der Waals surface area contributed by atoms with Crippen molar-refractivity contribution in [2.24, 2.45) is 5.41 Å². The van der Waals surface area contributed by atoms with Crippen molar-refractivity contribution in [2.75, 3.05) is 44.3 Å². The number of anilines is 1. The van der Waals surface area contributed by atoms with Gasteiger partial charge < -0.3 is 56.2 Å². The summed E-state index contributed by atoms with van der Waals surface area (Å²) in [6.07, 6.45) is -7.15. The molecule has 3 aromatic rings. The second-order valence-corrected chi connectivity index (χ2v) is 21.7. The van der Waals surface area contributed by atoms with E-state index in [2.05, 4.69) is 39.7 Å². The van der Waals surface area contributed by atoms with Gasteiger partial charge in [0, 0.05) is 30.7 Å². The van der Waals surface area contributed by atoms with E-state index in [0.717, 1.165) is 40.7 Å². The molecule has 0 bridgehead atoms. The van der Waals surface area contributed by atoms with Crippen LogP contribution in [-0.2, 0) is 55.5 Å². The highest BCUT2D eigenvalue weighted by Gasteiger charge is 2.50. The number of aliphatic hydroxyl groups excluding tert-OH is 2. The third-order valence-electron chi connectivity index (χ3n) is 8.55. The minimum atomic E-state index is -5.60. The number of rotatable bonds is 24. The molecule has 4 rings (SSSR count). The third kappa shape index (κ3) is 16.0. The number of amides is 3. The average Bonchev–Trinajstić information content (AvgIpc) is 3.97. The van der Waals surface area contributed by atoms with E-state index in [-0.39, 0.29) is 59.0 Å². The molecule has 33 heteroatoms. The number of aliphatic hydroxyl groups is 2. The summed E-state index contributed by atoms with van der Waals surface area (Å²) in [5, 5.41) is 29.2. The number of thiophene rings is 1. The van der Waals surface area contributed by atoms with Gasteiger partial charge in [-0.2, -0.15) is 4.31 Å². The number of phosphoric acid groups is 3. The van der Waals surface area contributed by atoms with Crippen LogP contribution in [0.4, 0.5) is 5.82 Å². The number of imidazole rings is 1. The summed E-state index contributed by atoms with van der Waals surface area (Å²) in [7, 11) is -16.5. The number of nitrogens with zero attached hydrogens (tertiary/aromatic N) is 4. The van der Waals surface area contributed by atoms with Crippen molar-refractivity contribution in [1.82, 2.24) is 35.5 Å². The first-order valence-corrected chi connectivity index (χ1v) is 25.6. The molecule has 8 atom stereocenters. The van der Waals surface area contributed by atoms with Crippen molar-refractivity contribution in [2.45, 2.75) is 63.1 Å². The van der Waals surface area contributed by atoms with E-state index in [1.165, 1.54) is 32.1 Å². The molecule has 3 aromatic heterocycles. The second kappa shape index (κ2) is 23.0. The lowest BCUT2D eigenvalue weighted by molar-refractivity contribution is -0.137. The normalized spacial score (nSPS) is 20.8. The number of nitrogen functional groups attached to an aromatic ring is 1. The molecule has 1 fully saturated rings. The Hall–Kier alpha value is -3.25. The van der Waals surface area contributed by atoms with Gasteiger partial charge in [0.15, 0.2) is 17.7 Å². The number of ether oxygens (including phenoxy) is 1. The summed E-state index contributed by atoms with van der Waals surface area (Å²) in [6, 6.07) is 3.36. The van der Waals surface area contributed by atoms with Gasteiger partial charge in [-0.3, -0.25) is 42.1 Å². The highest BCUT2D eigenvalue weighted by Crippen LogP contribution is 2.61. The van der Waals surface area contributed by atoms with Crippen LogP contribution in [-0.4, -0.2) is 146 Å². The molecule has 64 heavy (non-hydrogen) atoms. The largest absolute Gasteiger partial charge is 0.481 e. The first-order valence-electron chi connectivity index (χ1n) is 18.4. The van der Waals surface area contributed by atoms with Gasteiger partial charge in [0.25, 0.3) is 0 Å². The number of nitrogens with one attached hydrogen (secondary N) is 3. The number of hydrogen-bond donors (Lipinski definition) is 10. The Morgan fingerprint density at radius 1 is 1.02 bits per heavy atom. The zero-order valence-electron chi connectivity index (χ0n) is 33.7. The molecule has 27 nitrogen and oxygen atoms in total. The van der Waals surface area contributed by atoms with E-state index in [1.54, 1.807) is 17.5 Å². The van der Waals surface area contributed by atoms with Crippen LogP contribution in [0.1, 0.15) is 43.1 Å². The summed E-state index contributed by atoms with van der Waals surface area (Å²) in [4.78, 5) is 113. The second-order valence-electron chi connectivity index (χ2n) is 14.0. The fourth-order valence-electron chi connectivity index (χ4n) is 5.32. The van der Waals surface area contributed by atoms with Gasteiger partial charge in [0.05, 0.1) is 36.2 Å². The van der Waals surface area contributed by atoms with E-state index >= 15 is 0 Å². The smallest absolute Gasteiger partial charge is 0.386 e. The standard InChI is InChI=1S/C31H45N8O19P3S3/c1-16(64-30(46)18-5-4-9-62-18)27(44)35-11-20(41)63-10-8-33-19(40)6-7-34-28(45)24(43)31(2,3)13-55-61(52,53)58-60(50,51)54-12-17-23(57-59(47,48)49)22(42)29(56-17)39-15-38-21-25(32)36-14-37-26(21)39/h4-5,9,14-17,22-24,29,42-43H,6-8,10-13H2,1-3H3,(H,33,40)(H,34,45)(H,35,44)(H,50,51)(H,52,53)(H2,32,36,37)(H2,47,48,49). The molecule has 0 spiro atoms. The van der Waals surface area contributed by atoms with Crippen molar-refractivity contribution >= 4 is 103 Å². The number of hydrogen-bond acceptors (Lipinski definition) is 22. The number of aromatic nitrogens is 4. The summed E-state index contributed by atoms with van der Waals surface area (Å²) >= 11 is 2.93. The molecule has 1 aliphatic rings. The molecule has 4 heterocycles. The predicted octanol–water partition coefficient (Wildman–Crippen LogP) is -0.195. The van der Waals surface area contributed by atoms with E-state index in [9.17, 15) is 67.5 Å². The summed E-state index contributed by atoms with van der Waals surface area (Å²) in [5.41, 5.74) is 4.19. The van der Waals surface area contributed by atoms with Crippen LogP contribution in [0.2, 0.25) is 0 Å². The van der Waals surface area contributed by atoms with E-state index in [0.29, 0.717) is 4.88 Å². The zero-order chi connectivity index (χ0) is 47.6. The third-order valence-corrected chi connectivity index (χ3v) is 14.5. The van der Waals surface area contributed by atoms with Crippen molar-refractivity contribution in [3.8, 4) is 0 Å². The molecular formula is C31H45N8O19P3S3. The van der Waals surface area contributed by atoms with Crippen molar-refractivity contribution in [3.05, 3.63) is 35.0 Å². The molecule has 0 aromatic carbocycles. The Morgan fingerprint density at radius 3 is 2.39 bits per heavy atom. The van der Waals surface area contributed by atoms with Crippen LogP contribution in [0.5, 0.6) is 0 Å². The van der Waals surface area contributed by atoms with Crippen molar-refractivity contribution in [3.63, 3.8) is 0 Å². The summed E-state index contributed by atoms with van der Waals surface area (Å²) in [6.45, 7) is 1.41. The lowest BCUT2D eigenvalue weighted by Gasteiger charge is -2.30. The molecule has 3 amide bonds. The van der Waals surface area contributed by atoms with Crippen LogP contribution in [0.25, 0.3) is 11.2 Å². The first kappa shape index (κ1) is 53.4. The zero-order valence-corrected chi connectivity index (χ0v) is 38.9. The van der Waals surface area contributed by atoms with E-state index in [4.69, 9.17) is 19.5 Å². The Morgan fingerprint density at radius 2 is 1.72 bits per heavy atom. The number of thioether (sulfide) groups is 2. The van der Waals surface area contributed by atoms with Gasteiger partial charge >= 0.3 is 23.5 Å². The Bertz CT molecular complexity index is 2290. The molecule has 8 unspecified atom stereocenters. The fraction of sp³-hybridized carbons (Fsp3) is 0.548. The maximum absolute atomic E-state index is 12.7. The SMILES string of the molecule is CC(SC(=O)c1cccs1)C(=O)NCC(=O)SCCNC(=O)CCNC(=O)C(O)C(C)(C)COP(=O)(O)OP(=O)(O)OCC1OC(n2cnc3c(N)ncnc32)C(O)C1OP(=O)(O)O. The molecule has 1 saturated heterocycles. The van der Waals surface area contributed by atoms with Crippen LogP contribution in [0.3, 0.4) is 0 Å². The number of nitrogens with two attached hydrogens (primary N) is 1. The van der Waals surface area contributed by atoms with Crippen LogP contribution in [0, 0.1) is 5.41 Å². The first-order chi connectivity index (χ1) is 29.8. The average molecular weight is 1020 g/mol. The Labute approximate surface area is 375 Å².